The van der Waals surface area contributed by atoms with Crippen molar-refractivity contribution < 1.29 is 19.4 Å². The van der Waals surface area contributed by atoms with Crippen LogP contribution in [0.25, 0.3) is 21.7 Å². The number of carboxylic acid groups (broad SMARTS) is 1. The van der Waals surface area contributed by atoms with Crippen molar-refractivity contribution in [3.63, 3.8) is 0 Å². The van der Waals surface area contributed by atoms with Gasteiger partial charge in [-0.3, -0.25) is 9.48 Å². The third-order valence-electron chi connectivity index (χ3n) is 5.67. The van der Waals surface area contributed by atoms with E-state index in [-0.39, 0.29) is 5.91 Å². The molecule has 1 amide bonds. The lowest BCUT2D eigenvalue weighted by Crippen LogP contribution is -2.38. The summed E-state index contributed by atoms with van der Waals surface area (Å²) in [6, 6.07) is 19.5. The first-order chi connectivity index (χ1) is 16.6. The smallest absolute Gasteiger partial charge is 0.347 e. The highest BCUT2D eigenvalue weighted by atomic mass is 32.1. The van der Waals surface area contributed by atoms with Crippen LogP contribution in [0.15, 0.2) is 66.0 Å². The second-order valence-electron chi connectivity index (χ2n) is 8.79. The fourth-order valence-electron chi connectivity index (χ4n) is 3.62. The van der Waals surface area contributed by atoms with Crippen molar-refractivity contribution in [1.29, 1.82) is 0 Å². The minimum absolute atomic E-state index is 0.271. The van der Waals surface area contributed by atoms with Crippen molar-refractivity contribution in [2.24, 2.45) is 7.05 Å². The molecule has 2 aromatic heterocycles. The molecule has 35 heavy (non-hydrogen) atoms. The number of carbonyl (C=O) groups excluding carboxylic acids is 1. The van der Waals surface area contributed by atoms with Crippen molar-refractivity contribution in [1.82, 2.24) is 15.1 Å². The van der Waals surface area contributed by atoms with Gasteiger partial charge in [-0.2, -0.15) is 5.10 Å². The van der Waals surface area contributed by atoms with Crippen LogP contribution in [0.2, 0.25) is 0 Å². The van der Waals surface area contributed by atoms with E-state index in [4.69, 9.17) is 4.74 Å². The molecule has 0 aliphatic carbocycles. The minimum Gasteiger partial charge on any atom is -0.478 e. The molecule has 2 heterocycles. The molecule has 0 spiro atoms. The average molecular weight is 490 g/mol. The van der Waals surface area contributed by atoms with Gasteiger partial charge in [-0.15, -0.1) is 11.3 Å². The lowest BCUT2D eigenvalue weighted by molar-refractivity contribution is -0.152. The number of nitrogens with zero attached hydrogens (tertiary/aromatic N) is 2. The van der Waals surface area contributed by atoms with Crippen LogP contribution in [0.1, 0.15) is 35.5 Å². The number of benzene rings is 2. The molecule has 0 unspecified atom stereocenters. The minimum atomic E-state index is -1.33. The average Bonchev–Trinajstić information content (AvgIpc) is 3.49. The third-order valence-corrected chi connectivity index (χ3v) is 6.59. The topological polar surface area (TPSA) is 93.5 Å². The number of amides is 1. The number of rotatable bonds is 8. The number of aliphatic carboxylic acids is 1. The Morgan fingerprint density at radius 1 is 1.09 bits per heavy atom. The van der Waals surface area contributed by atoms with E-state index in [0.717, 1.165) is 27.9 Å². The zero-order chi connectivity index (χ0) is 25.2. The van der Waals surface area contributed by atoms with Crippen LogP contribution >= 0.6 is 11.3 Å². The lowest BCUT2D eigenvalue weighted by Gasteiger charge is -2.23. The largest absolute Gasteiger partial charge is 0.478 e. The van der Waals surface area contributed by atoms with Gasteiger partial charge in [0.05, 0.1) is 5.69 Å². The standard InChI is InChI=1S/C27H27N3O4S/c1-17-14-18(7-12-23(17)34-27(2,3)26(32)33)16-28-25(31)21-15-22(30(4)29-21)19-8-10-20(11-9-19)24-6-5-13-35-24/h5-15H,16H2,1-4H3,(H,28,31)(H,32,33). The number of hydrogen-bond donors (Lipinski definition) is 2. The van der Waals surface area contributed by atoms with Gasteiger partial charge in [0, 0.05) is 18.5 Å². The number of ether oxygens (including phenoxy) is 1. The molecule has 0 aliphatic heterocycles. The molecule has 0 radical (unpaired) electrons. The number of thiophene rings is 1. The Morgan fingerprint density at radius 3 is 2.43 bits per heavy atom. The number of carboxylic acids is 1. The van der Waals surface area contributed by atoms with E-state index in [1.165, 1.54) is 18.7 Å². The van der Waals surface area contributed by atoms with Gasteiger partial charge in [0.15, 0.2) is 11.3 Å². The van der Waals surface area contributed by atoms with Crippen molar-refractivity contribution in [3.8, 4) is 27.4 Å². The molecule has 8 heteroatoms. The van der Waals surface area contributed by atoms with Gasteiger partial charge in [0.25, 0.3) is 5.91 Å². The lowest BCUT2D eigenvalue weighted by atomic mass is 10.1. The Balaban J connectivity index is 1.42. The maximum atomic E-state index is 12.8. The quantitative estimate of drug-likeness (QED) is 0.351. The monoisotopic (exact) mass is 489 g/mol. The van der Waals surface area contributed by atoms with Gasteiger partial charge in [-0.05, 0) is 66.6 Å². The van der Waals surface area contributed by atoms with Crippen molar-refractivity contribution in [3.05, 3.63) is 82.9 Å². The summed E-state index contributed by atoms with van der Waals surface area (Å²) in [7, 11) is 1.82. The van der Waals surface area contributed by atoms with Crippen LogP contribution in [0.5, 0.6) is 5.75 Å². The van der Waals surface area contributed by atoms with Crippen LogP contribution < -0.4 is 10.1 Å². The van der Waals surface area contributed by atoms with Crippen molar-refractivity contribution >= 4 is 23.2 Å². The number of carbonyl (C=O) groups is 2. The second-order valence-corrected chi connectivity index (χ2v) is 9.74. The first-order valence-electron chi connectivity index (χ1n) is 11.1. The van der Waals surface area contributed by atoms with Gasteiger partial charge in [0.2, 0.25) is 0 Å². The number of nitrogens with one attached hydrogen (secondary N) is 1. The summed E-state index contributed by atoms with van der Waals surface area (Å²) in [4.78, 5) is 25.3. The van der Waals surface area contributed by atoms with E-state index < -0.39 is 11.6 Å². The highest BCUT2D eigenvalue weighted by molar-refractivity contribution is 7.13. The van der Waals surface area contributed by atoms with Gasteiger partial charge < -0.3 is 15.2 Å². The predicted molar refractivity (Wildman–Crippen MR) is 137 cm³/mol. The molecule has 4 aromatic rings. The predicted octanol–water partition coefficient (Wildman–Crippen LogP) is 5.30. The van der Waals surface area contributed by atoms with Crippen LogP contribution in [-0.2, 0) is 18.4 Å². The molecule has 2 N–H and O–H groups in total. The second kappa shape index (κ2) is 9.76. The molecule has 0 atom stereocenters. The van der Waals surface area contributed by atoms with E-state index in [1.54, 1.807) is 34.2 Å². The van der Waals surface area contributed by atoms with Gasteiger partial charge >= 0.3 is 5.97 Å². The van der Waals surface area contributed by atoms with Crippen molar-refractivity contribution in [2.45, 2.75) is 32.9 Å². The number of hydrogen-bond acceptors (Lipinski definition) is 5. The maximum Gasteiger partial charge on any atom is 0.347 e. The van der Waals surface area contributed by atoms with Gasteiger partial charge in [0.1, 0.15) is 5.75 Å². The Morgan fingerprint density at radius 2 is 1.80 bits per heavy atom. The normalized spacial score (nSPS) is 11.3. The van der Waals surface area contributed by atoms with Crippen LogP contribution in [0.4, 0.5) is 0 Å². The molecule has 0 fully saturated rings. The third kappa shape index (κ3) is 5.44. The van der Waals surface area contributed by atoms with Gasteiger partial charge in [-0.25, -0.2) is 4.79 Å². The first kappa shape index (κ1) is 24.2. The summed E-state index contributed by atoms with van der Waals surface area (Å²) in [5.41, 5.74) is 3.66. The Kier molecular flexibility index (Phi) is 6.75. The zero-order valence-corrected chi connectivity index (χ0v) is 20.8. The highest BCUT2D eigenvalue weighted by Crippen LogP contribution is 2.28. The van der Waals surface area contributed by atoms with Gasteiger partial charge in [-0.1, -0.05) is 42.5 Å². The van der Waals surface area contributed by atoms with Crippen LogP contribution in [-0.4, -0.2) is 32.4 Å². The Labute approximate surface area is 208 Å². The molecule has 180 valence electrons. The molecule has 4 rings (SSSR count). The molecule has 2 aromatic carbocycles. The molecule has 7 nitrogen and oxygen atoms in total. The molecule has 0 saturated carbocycles. The summed E-state index contributed by atoms with van der Waals surface area (Å²) in [6.07, 6.45) is 0. The fourth-order valence-corrected chi connectivity index (χ4v) is 4.36. The van der Waals surface area contributed by atoms with Crippen molar-refractivity contribution in [2.75, 3.05) is 0 Å². The first-order valence-corrected chi connectivity index (χ1v) is 12.0. The van der Waals surface area contributed by atoms with Crippen LogP contribution in [0, 0.1) is 6.92 Å². The molecular formula is C27H27N3O4S. The summed E-state index contributed by atoms with van der Waals surface area (Å²) in [5, 5.41) is 18.6. The number of aryl methyl sites for hydroxylation is 2. The summed E-state index contributed by atoms with van der Waals surface area (Å²) in [5.74, 6) is -0.819. The van der Waals surface area contributed by atoms with E-state index in [9.17, 15) is 14.7 Å². The summed E-state index contributed by atoms with van der Waals surface area (Å²) in [6.45, 7) is 5.15. The van der Waals surface area contributed by atoms with E-state index in [0.29, 0.717) is 18.0 Å². The zero-order valence-electron chi connectivity index (χ0n) is 20.0. The van der Waals surface area contributed by atoms with Crippen LogP contribution in [0.3, 0.4) is 0 Å². The summed E-state index contributed by atoms with van der Waals surface area (Å²) < 4.78 is 7.34. The SMILES string of the molecule is Cc1cc(CNC(=O)c2cc(-c3ccc(-c4cccs4)cc3)n(C)n2)ccc1OC(C)(C)C(=O)O. The van der Waals surface area contributed by atoms with E-state index in [1.807, 2.05) is 38.2 Å². The van der Waals surface area contributed by atoms with E-state index in [2.05, 4.69) is 34.0 Å². The Bertz CT molecular complexity index is 1360. The molecule has 0 bridgehead atoms. The fraction of sp³-hybridized carbons (Fsp3) is 0.222. The summed E-state index contributed by atoms with van der Waals surface area (Å²) >= 11 is 1.70. The Hall–Kier alpha value is -3.91. The van der Waals surface area contributed by atoms with E-state index >= 15 is 0 Å². The molecular weight excluding hydrogens is 462 g/mol. The number of aromatic nitrogens is 2. The molecule has 0 saturated heterocycles. The molecule has 0 aliphatic rings. The maximum absolute atomic E-state index is 12.8. The highest BCUT2D eigenvalue weighted by Gasteiger charge is 2.29.